The molecule has 2 aromatic rings. The number of thiocarbonyl (C=S) groups is 1. The van der Waals surface area contributed by atoms with Crippen LogP contribution in [0.15, 0.2) is 69.4 Å². The molecule has 84 valence electrons. The summed E-state index contributed by atoms with van der Waals surface area (Å²) in [5.74, 6) is 0. The highest BCUT2D eigenvalue weighted by atomic mass is 32.2. The zero-order chi connectivity index (χ0) is 11.9. The van der Waals surface area contributed by atoms with Gasteiger partial charge in [-0.25, -0.2) is 4.99 Å². The van der Waals surface area contributed by atoms with E-state index in [1.54, 1.807) is 11.8 Å². The van der Waals surface area contributed by atoms with Crippen molar-refractivity contribution in [3.8, 4) is 0 Å². The van der Waals surface area contributed by atoms with Gasteiger partial charge in [-0.3, -0.25) is 0 Å². The van der Waals surface area contributed by atoms with Gasteiger partial charge in [-0.15, -0.1) is 0 Å². The van der Waals surface area contributed by atoms with Crippen LogP contribution in [0.2, 0.25) is 0 Å². The van der Waals surface area contributed by atoms with Crippen LogP contribution in [-0.2, 0) is 6.54 Å². The smallest absolute Gasteiger partial charge is 0.0743 e. The number of isothiocyanates is 1. The first-order valence-corrected chi connectivity index (χ1v) is 6.46. The third-order valence-corrected chi connectivity index (χ3v) is 3.33. The van der Waals surface area contributed by atoms with Gasteiger partial charge in [0.2, 0.25) is 0 Å². The van der Waals surface area contributed by atoms with Crippen molar-refractivity contribution in [3.05, 3.63) is 60.2 Å². The van der Waals surface area contributed by atoms with Crippen molar-refractivity contribution < 1.29 is 0 Å². The van der Waals surface area contributed by atoms with Crippen LogP contribution in [0.3, 0.4) is 0 Å². The molecule has 0 spiro atoms. The Morgan fingerprint density at radius 3 is 2.53 bits per heavy atom. The Morgan fingerprint density at radius 2 is 1.76 bits per heavy atom. The van der Waals surface area contributed by atoms with Crippen molar-refractivity contribution in [2.24, 2.45) is 4.99 Å². The molecule has 0 aliphatic carbocycles. The van der Waals surface area contributed by atoms with Crippen LogP contribution in [0.25, 0.3) is 0 Å². The van der Waals surface area contributed by atoms with Gasteiger partial charge in [0, 0.05) is 9.79 Å². The first kappa shape index (κ1) is 12.1. The molecule has 17 heavy (non-hydrogen) atoms. The number of rotatable bonds is 4. The number of aliphatic imine (C=N–C) groups is 1. The van der Waals surface area contributed by atoms with Crippen molar-refractivity contribution in [1.29, 1.82) is 0 Å². The van der Waals surface area contributed by atoms with Gasteiger partial charge in [-0.2, -0.15) is 0 Å². The van der Waals surface area contributed by atoms with E-state index in [2.05, 4.69) is 46.6 Å². The van der Waals surface area contributed by atoms with E-state index in [-0.39, 0.29) is 0 Å². The normalized spacial score (nSPS) is 9.65. The van der Waals surface area contributed by atoms with Crippen LogP contribution in [0, 0.1) is 0 Å². The topological polar surface area (TPSA) is 12.4 Å². The summed E-state index contributed by atoms with van der Waals surface area (Å²) in [4.78, 5) is 6.40. The molecule has 0 aromatic heterocycles. The second kappa shape index (κ2) is 6.36. The molecule has 2 aromatic carbocycles. The van der Waals surface area contributed by atoms with Gasteiger partial charge in [0.1, 0.15) is 0 Å². The predicted molar refractivity (Wildman–Crippen MR) is 75.7 cm³/mol. The Hall–Kier alpha value is -1.41. The Bertz CT molecular complexity index is 531. The average Bonchev–Trinajstić information content (AvgIpc) is 2.38. The summed E-state index contributed by atoms with van der Waals surface area (Å²) in [6, 6.07) is 18.6. The standard InChI is InChI=1S/C14H11NS2/c16-11-15-10-12-5-4-8-14(9-12)17-13-6-2-1-3-7-13/h1-9H,10H2. The molecule has 0 saturated heterocycles. The van der Waals surface area contributed by atoms with Crippen LogP contribution < -0.4 is 0 Å². The van der Waals surface area contributed by atoms with Gasteiger partial charge in [0.25, 0.3) is 0 Å². The minimum Gasteiger partial charge on any atom is -0.228 e. The van der Waals surface area contributed by atoms with Gasteiger partial charge in [0.15, 0.2) is 0 Å². The van der Waals surface area contributed by atoms with Crippen LogP contribution in [-0.4, -0.2) is 5.16 Å². The van der Waals surface area contributed by atoms with E-state index in [0.29, 0.717) is 6.54 Å². The molecule has 0 aliphatic rings. The van der Waals surface area contributed by atoms with Gasteiger partial charge in [0.05, 0.1) is 11.7 Å². The summed E-state index contributed by atoms with van der Waals surface area (Å²) in [5.41, 5.74) is 1.16. The van der Waals surface area contributed by atoms with E-state index in [1.807, 2.05) is 30.3 Å². The second-order valence-electron chi connectivity index (χ2n) is 3.47. The molecule has 2 rings (SSSR count). The quantitative estimate of drug-likeness (QED) is 0.593. The maximum Gasteiger partial charge on any atom is 0.0743 e. The highest BCUT2D eigenvalue weighted by molar-refractivity contribution is 7.99. The third-order valence-electron chi connectivity index (χ3n) is 2.20. The fourth-order valence-electron chi connectivity index (χ4n) is 1.46. The largest absolute Gasteiger partial charge is 0.228 e. The summed E-state index contributed by atoms with van der Waals surface area (Å²) in [6.45, 7) is 0.604. The molecule has 0 fully saturated rings. The summed E-state index contributed by atoms with van der Waals surface area (Å²) in [5, 5.41) is 2.39. The van der Waals surface area contributed by atoms with E-state index >= 15 is 0 Å². The first-order valence-electron chi connectivity index (χ1n) is 5.24. The van der Waals surface area contributed by atoms with Crippen LogP contribution in [0.5, 0.6) is 0 Å². The molecule has 0 saturated carbocycles. The molecule has 0 bridgehead atoms. The molecule has 0 N–H and O–H groups in total. The third kappa shape index (κ3) is 3.82. The molecule has 0 amide bonds. The summed E-state index contributed by atoms with van der Waals surface area (Å²) in [6.07, 6.45) is 0. The van der Waals surface area contributed by atoms with Crippen LogP contribution >= 0.6 is 24.0 Å². The molecule has 0 aliphatic heterocycles. The Kier molecular flexibility index (Phi) is 4.51. The first-order chi connectivity index (χ1) is 8.38. The SMILES string of the molecule is S=C=NCc1cccc(Sc2ccccc2)c1. The summed E-state index contributed by atoms with van der Waals surface area (Å²) < 4.78 is 0. The van der Waals surface area contributed by atoms with Crippen LogP contribution in [0.1, 0.15) is 5.56 Å². The maximum absolute atomic E-state index is 4.57. The molecular formula is C14H11NS2. The lowest BCUT2D eigenvalue weighted by Gasteiger charge is -2.03. The number of nitrogens with zero attached hydrogens (tertiary/aromatic N) is 1. The molecular weight excluding hydrogens is 246 g/mol. The van der Waals surface area contributed by atoms with Crippen molar-refractivity contribution in [3.63, 3.8) is 0 Å². The Labute approximate surface area is 111 Å². The molecule has 1 nitrogen and oxygen atoms in total. The van der Waals surface area contributed by atoms with Crippen molar-refractivity contribution in [2.75, 3.05) is 0 Å². The van der Waals surface area contributed by atoms with Gasteiger partial charge < -0.3 is 0 Å². The highest BCUT2D eigenvalue weighted by Gasteiger charge is 1.98. The predicted octanol–water partition coefficient (Wildman–Crippen LogP) is 4.44. The van der Waals surface area contributed by atoms with Crippen molar-refractivity contribution in [1.82, 2.24) is 0 Å². The minimum absolute atomic E-state index is 0.604. The minimum atomic E-state index is 0.604. The fraction of sp³-hybridized carbons (Fsp3) is 0.0714. The maximum atomic E-state index is 4.57. The monoisotopic (exact) mass is 257 g/mol. The Balaban J connectivity index is 2.14. The number of hydrogen-bond acceptors (Lipinski definition) is 3. The molecule has 0 unspecified atom stereocenters. The summed E-state index contributed by atoms with van der Waals surface area (Å²) in [7, 11) is 0. The van der Waals surface area contributed by atoms with Gasteiger partial charge >= 0.3 is 0 Å². The number of benzene rings is 2. The lowest BCUT2D eigenvalue weighted by molar-refractivity contribution is 1.07. The average molecular weight is 257 g/mol. The fourth-order valence-corrected chi connectivity index (χ4v) is 2.44. The van der Waals surface area contributed by atoms with E-state index < -0.39 is 0 Å². The van der Waals surface area contributed by atoms with Crippen molar-refractivity contribution in [2.45, 2.75) is 16.3 Å². The van der Waals surface area contributed by atoms with E-state index in [9.17, 15) is 0 Å². The molecule has 0 radical (unpaired) electrons. The van der Waals surface area contributed by atoms with E-state index in [1.165, 1.54) is 9.79 Å². The zero-order valence-corrected chi connectivity index (χ0v) is 10.8. The molecule has 3 heteroatoms. The number of hydrogen-bond donors (Lipinski definition) is 0. The van der Waals surface area contributed by atoms with E-state index in [0.717, 1.165) is 5.56 Å². The molecule has 0 atom stereocenters. The molecule has 0 heterocycles. The lowest BCUT2D eigenvalue weighted by atomic mass is 10.2. The van der Waals surface area contributed by atoms with E-state index in [4.69, 9.17) is 0 Å². The van der Waals surface area contributed by atoms with Crippen LogP contribution in [0.4, 0.5) is 0 Å². The summed E-state index contributed by atoms with van der Waals surface area (Å²) >= 11 is 6.31. The van der Waals surface area contributed by atoms with Gasteiger partial charge in [-0.1, -0.05) is 42.1 Å². The Morgan fingerprint density at radius 1 is 1.00 bits per heavy atom. The van der Waals surface area contributed by atoms with Crippen molar-refractivity contribution >= 4 is 29.1 Å². The zero-order valence-electron chi connectivity index (χ0n) is 9.17. The second-order valence-corrected chi connectivity index (χ2v) is 4.80. The van der Waals surface area contributed by atoms with Gasteiger partial charge in [-0.05, 0) is 42.0 Å². The highest BCUT2D eigenvalue weighted by Crippen LogP contribution is 2.27. The lowest BCUT2D eigenvalue weighted by Crippen LogP contribution is -1.81.